The second-order valence-corrected chi connectivity index (χ2v) is 4.05. The molecule has 2 N–H and O–H groups in total. The Hall–Kier alpha value is -2.18. The van der Waals surface area contributed by atoms with Crippen LogP contribution in [0, 0.1) is 0 Å². The maximum Gasteiger partial charge on any atom is 0.326 e. The van der Waals surface area contributed by atoms with Gasteiger partial charge in [-0.25, -0.2) is 4.79 Å². The van der Waals surface area contributed by atoms with Crippen LogP contribution < -0.4 is 10.2 Å². The summed E-state index contributed by atoms with van der Waals surface area (Å²) in [5.74, 6) is -0.678. The number of hydrogen-bond donors (Lipinski definition) is 2. The number of nitrogens with zero attached hydrogens (tertiary/aromatic N) is 3. The van der Waals surface area contributed by atoms with Crippen LogP contribution in [0.1, 0.15) is 23.3 Å². The van der Waals surface area contributed by atoms with E-state index in [2.05, 4.69) is 15.5 Å². The van der Waals surface area contributed by atoms with Crippen LogP contribution in [0.2, 0.25) is 0 Å². The van der Waals surface area contributed by atoms with Crippen molar-refractivity contribution in [3.63, 3.8) is 0 Å². The van der Waals surface area contributed by atoms with E-state index in [1.165, 1.54) is 7.05 Å². The molecule has 0 radical (unpaired) electrons. The monoisotopic (exact) mass is 250 g/mol. The largest absolute Gasteiger partial charge is 0.480 e. The molecule has 1 aromatic heterocycles. The number of amides is 1. The van der Waals surface area contributed by atoms with Crippen molar-refractivity contribution in [3.05, 3.63) is 17.8 Å². The van der Waals surface area contributed by atoms with E-state index in [0.717, 1.165) is 6.42 Å². The molecular formula is C11H14N4O3. The van der Waals surface area contributed by atoms with Gasteiger partial charge in [0.05, 0.1) is 0 Å². The van der Waals surface area contributed by atoms with Crippen molar-refractivity contribution in [2.45, 2.75) is 18.9 Å². The van der Waals surface area contributed by atoms with Crippen molar-refractivity contribution in [1.82, 2.24) is 15.5 Å². The molecule has 1 atom stereocenters. The molecule has 0 spiro atoms. The summed E-state index contributed by atoms with van der Waals surface area (Å²) in [5.41, 5.74) is 0.215. The lowest BCUT2D eigenvalue weighted by Crippen LogP contribution is -2.36. The number of nitrogens with one attached hydrogen (secondary N) is 1. The molecule has 1 aromatic rings. The number of carboxylic acid groups (broad SMARTS) is 1. The number of rotatable bonds is 3. The van der Waals surface area contributed by atoms with Gasteiger partial charge in [0.25, 0.3) is 5.91 Å². The van der Waals surface area contributed by atoms with Crippen LogP contribution in [0.4, 0.5) is 5.82 Å². The maximum atomic E-state index is 11.3. The molecule has 2 rings (SSSR count). The fourth-order valence-electron chi connectivity index (χ4n) is 2.03. The molecule has 7 heteroatoms. The van der Waals surface area contributed by atoms with Gasteiger partial charge < -0.3 is 15.3 Å². The maximum absolute atomic E-state index is 11.3. The molecule has 1 amide bonds. The summed E-state index contributed by atoms with van der Waals surface area (Å²) in [6, 6.07) is 2.61. The van der Waals surface area contributed by atoms with Crippen LogP contribution in [0.25, 0.3) is 0 Å². The summed E-state index contributed by atoms with van der Waals surface area (Å²) in [7, 11) is 1.51. The number of aromatic nitrogens is 2. The third kappa shape index (κ3) is 2.24. The predicted molar refractivity (Wildman–Crippen MR) is 63.4 cm³/mol. The highest BCUT2D eigenvalue weighted by molar-refractivity contribution is 5.92. The van der Waals surface area contributed by atoms with Gasteiger partial charge in [0.15, 0.2) is 11.5 Å². The molecule has 1 aliphatic heterocycles. The van der Waals surface area contributed by atoms with E-state index in [0.29, 0.717) is 18.8 Å². The van der Waals surface area contributed by atoms with E-state index in [4.69, 9.17) is 5.11 Å². The molecule has 1 aliphatic rings. The average molecular weight is 250 g/mol. The topological polar surface area (TPSA) is 95.4 Å². The Morgan fingerprint density at radius 3 is 2.78 bits per heavy atom. The number of anilines is 1. The molecule has 18 heavy (non-hydrogen) atoms. The van der Waals surface area contributed by atoms with Crippen molar-refractivity contribution < 1.29 is 14.7 Å². The summed E-state index contributed by atoms with van der Waals surface area (Å²) in [6.45, 7) is 0.644. The van der Waals surface area contributed by atoms with Gasteiger partial charge >= 0.3 is 5.97 Å². The lowest BCUT2D eigenvalue weighted by Gasteiger charge is -2.21. The molecule has 0 saturated carbocycles. The molecule has 2 heterocycles. The fraction of sp³-hybridized carbons (Fsp3) is 0.455. The molecule has 0 unspecified atom stereocenters. The Labute approximate surface area is 104 Å². The van der Waals surface area contributed by atoms with Gasteiger partial charge in [-0.05, 0) is 25.0 Å². The zero-order valence-corrected chi connectivity index (χ0v) is 9.96. The van der Waals surface area contributed by atoms with Gasteiger partial charge in [0.2, 0.25) is 0 Å². The molecular weight excluding hydrogens is 236 g/mol. The second-order valence-electron chi connectivity index (χ2n) is 4.05. The summed E-state index contributed by atoms with van der Waals surface area (Å²) in [4.78, 5) is 24.0. The number of carboxylic acids is 1. The summed E-state index contributed by atoms with van der Waals surface area (Å²) in [6.07, 6.45) is 1.42. The summed E-state index contributed by atoms with van der Waals surface area (Å²) in [5, 5.41) is 19.2. The highest BCUT2D eigenvalue weighted by Crippen LogP contribution is 2.23. The molecule has 0 bridgehead atoms. The predicted octanol–water partition coefficient (Wildman–Crippen LogP) is -0.110. The zero-order valence-electron chi connectivity index (χ0n) is 9.96. The van der Waals surface area contributed by atoms with Crippen LogP contribution in [0.3, 0.4) is 0 Å². The first kappa shape index (κ1) is 12.3. The molecule has 1 fully saturated rings. The van der Waals surface area contributed by atoms with Gasteiger partial charge in [-0.1, -0.05) is 0 Å². The number of hydrogen-bond acceptors (Lipinski definition) is 5. The molecule has 0 aliphatic carbocycles. The van der Waals surface area contributed by atoms with Crippen LogP contribution in [0.15, 0.2) is 12.1 Å². The standard InChI is InChI=1S/C11H14N4O3/c1-12-10(16)7-4-5-9(14-13-7)15-6-2-3-8(15)11(17)18/h4-5,8H,2-3,6H2,1H3,(H,12,16)(H,17,18)/t8-/m0/s1. The van der Waals surface area contributed by atoms with Gasteiger partial charge in [-0.15, -0.1) is 10.2 Å². The van der Waals surface area contributed by atoms with E-state index < -0.39 is 12.0 Å². The van der Waals surface area contributed by atoms with Crippen molar-refractivity contribution in [1.29, 1.82) is 0 Å². The SMILES string of the molecule is CNC(=O)c1ccc(N2CCC[C@H]2C(=O)O)nn1. The van der Waals surface area contributed by atoms with E-state index in [1.807, 2.05) is 0 Å². The number of carbonyl (C=O) groups is 2. The van der Waals surface area contributed by atoms with Gasteiger partial charge in [-0.3, -0.25) is 4.79 Å². The lowest BCUT2D eigenvalue weighted by atomic mass is 10.2. The Morgan fingerprint density at radius 2 is 2.22 bits per heavy atom. The van der Waals surface area contributed by atoms with Crippen molar-refractivity contribution in [2.24, 2.45) is 0 Å². The average Bonchev–Trinajstić information content (AvgIpc) is 2.87. The summed E-state index contributed by atoms with van der Waals surface area (Å²) < 4.78 is 0. The van der Waals surface area contributed by atoms with E-state index in [1.54, 1.807) is 17.0 Å². The molecule has 96 valence electrons. The minimum Gasteiger partial charge on any atom is -0.480 e. The van der Waals surface area contributed by atoms with Crippen LogP contribution in [-0.4, -0.2) is 46.8 Å². The minimum absolute atomic E-state index is 0.215. The number of carbonyl (C=O) groups excluding carboxylic acids is 1. The minimum atomic E-state index is -0.857. The Kier molecular flexibility index (Phi) is 3.40. The normalized spacial score (nSPS) is 18.7. The Balaban J connectivity index is 2.19. The Bertz CT molecular complexity index is 460. The van der Waals surface area contributed by atoms with Crippen LogP contribution in [-0.2, 0) is 4.79 Å². The lowest BCUT2D eigenvalue weighted by molar-refractivity contribution is -0.138. The first-order valence-electron chi connectivity index (χ1n) is 5.68. The fourth-order valence-corrected chi connectivity index (χ4v) is 2.03. The third-order valence-electron chi connectivity index (χ3n) is 2.94. The van der Waals surface area contributed by atoms with Crippen molar-refractivity contribution >= 4 is 17.7 Å². The van der Waals surface area contributed by atoms with Gasteiger partial charge in [0, 0.05) is 13.6 Å². The van der Waals surface area contributed by atoms with Crippen molar-refractivity contribution in [2.75, 3.05) is 18.5 Å². The van der Waals surface area contributed by atoms with E-state index in [-0.39, 0.29) is 11.6 Å². The first-order chi connectivity index (χ1) is 8.63. The number of aliphatic carboxylic acids is 1. The highest BCUT2D eigenvalue weighted by Gasteiger charge is 2.31. The molecule has 1 saturated heterocycles. The molecule has 7 nitrogen and oxygen atoms in total. The van der Waals surface area contributed by atoms with Crippen LogP contribution >= 0.6 is 0 Å². The van der Waals surface area contributed by atoms with Gasteiger partial charge in [-0.2, -0.15) is 0 Å². The third-order valence-corrected chi connectivity index (χ3v) is 2.94. The van der Waals surface area contributed by atoms with Crippen molar-refractivity contribution in [3.8, 4) is 0 Å². The Morgan fingerprint density at radius 1 is 1.44 bits per heavy atom. The second kappa shape index (κ2) is 4.99. The zero-order chi connectivity index (χ0) is 13.1. The summed E-state index contributed by atoms with van der Waals surface area (Å²) >= 11 is 0. The molecule has 0 aromatic carbocycles. The van der Waals surface area contributed by atoms with Crippen LogP contribution in [0.5, 0.6) is 0 Å². The highest BCUT2D eigenvalue weighted by atomic mass is 16.4. The first-order valence-corrected chi connectivity index (χ1v) is 5.68. The van der Waals surface area contributed by atoms with Gasteiger partial charge in [0.1, 0.15) is 6.04 Å². The van der Waals surface area contributed by atoms with E-state index >= 15 is 0 Å². The smallest absolute Gasteiger partial charge is 0.326 e. The quantitative estimate of drug-likeness (QED) is 0.777. The van der Waals surface area contributed by atoms with E-state index in [9.17, 15) is 9.59 Å².